The van der Waals surface area contributed by atoms with Crippen molar-refractivity contribution < 1.29 is 23.9 Å². The third-order valence-electron chi connectivity index (χ3n) is 3.32. The minimum atomic E-state index is -0.941. The topological polar surface area (TPSA) is 102 Å². The van der Waals surface area contributed by atoms with Gasteiger partial charge in [0.1, 0.15) is 6.04 Å². The summed E-state index contributed by atoms with van der Waals surface area (Å²) >= 11 is 1.19. The highest BCUT2D eigenvalue weighted by molar-refractivity contribution is 7.12. The molecule has 0 saturated heterocycles. The third kappa shape index (κ3) is 5.52. The summed E-state index contributed by atoms with van der Waals surface area (Å²) < 4.78 is 4.83. The van der Waals surface area contributed by atoms with Crippen molar-refractivity contribution in [3.05, 3.63) is 57.8 Å². The van der Waals surface area contributed by atoms with Crippen LogP contribution in [0.15, 0.2) is 41.8 Å². The molecule has 26 heavy (non-hydrogen) atoms. The Kier molecular flexibility index (Phi) is 6.62. The van der Waals surface area contributed by atoms with Gasteiger partial charge in [-0.25, -0.2) is 4.79 Å². The first kappa shape index (κ1) is 19.3. The summed E-state index contributed by atoms with van der Waals surface area (Å²) in [5.41, 5.74) is 1.34. The van der Waals surface area contributed by atoms with Crippen LogP contribution in [0.4, 0.5) is 0 Å². The first-order valence-corrected chi connectivity index (χ1v) is 8.66. The van der Waals surface area contributed by atoms with E-state index in [9.17, 15) is 19.2 Å². The zero-order chi connectivity index (χ0) is 19.1. The normalized spacial score (nSPS) is 11.3. The average Bonchev–Trinajstić information content (AvgIpc) is 3.14. The van der Waals surface area contributed by atoms with Crippen LogP contribution >= 0.6 is 11.3 Å². The SMILES string of the molecule is Cc1cccc(C(=O)N[C@@H](C)C(=O)OCC(=O)NC(=O)c2cccs2)c1. The van der Waals surface area contributed by atoms with Crippen LogP contribution in [0.3, 0.4) is 0 Å². The number of imide groups is 1. The van der Waals surface area contributed by atoms with E-state index in [0.29, 0.717) is 10.4 Å². The molecule has 0 fully saturated rings. The van der Waals surface area contributed by atoms with Crippen LogP contribution in [-0.4, -0.2) is 36.3 Å². The Morgan fingerprint density at radius 2 is 1.88 bits per heavy atom. The molecule has 2 aromatic rings. The number of thiophene rings is 1. The van der Waals surface area contributed by atoms with Crippen LogP contribution < -0.4 is 10.6 Å². The Morgan fingerprint density at radius 1 is 1.12 bits per heavy atom. The number of amides is 3. The maximum absolute atomic E-state index is 12.1. The second-order valence-corrected chi connectivity index (χ2v) is 6.47. The monoisotopic (exact) mass is 374 g/mol. The van der Waals surface area contributed by atoms with E-state index in [-0.39, 0.29) is 0 Å². The van der Waals surface area contributed by atoms with Gasteiger partial charge in [0.05, 0.1) is 4.88 Å². The van der Waals surface area contributed by atoms with Crippen LogP contribution in [0.1, 0.15) is 32.5 Å². The van der Waals surface area contributed by atoms with Crippen molar-refractivity contribution in [3.8, 4) is 0 Å². The number of carbonyl (C=O) groups excluding carboxylic acids is 4. The quantitative estimate of drug-likeness (QED) is 0.749. The van der Waals surface area contributed by atoms with Crippen LogP contribution in [-0.2, 0) is 14.3 Å². The van der Waals surface area contributed by atoms with E-state index >= 15 is 0 Å². The summed E-state index contributed by atoms with van der Waals surface area (Å²) in [5.74, 6) is -2.49. The van der Waals surface area contributed by atoms with Crippen molar-refractivity contribution in [1.82, 2.24) is 10.6 Å². The molecule has 1 aromatic heterocycles. The molecule has 8 heteroatoms. The van der Waals surface area contributed by atoms with Crippen molar-refractivity contribution in [2.45, 2.75) is 19.9 Å². The van der Waals surface area contributed by atoms with Crippen molar-refractivity contribution in [2.75, 3.05) is 6.61 Å². The molecule has 1 aromatic carbocycles. The molecule has 1 heterocycles. The molecule has 0 bridgehead atoms. The Hall–Kier alpha value is -3.00. The van der Waals surface area contributed by atoms with E-state index in [1.54, 1.807) is 35.7 Å². The Bertz CT molecular complexity index is 817. The van der Waals surface area contributed by atoms with Crippen molar-refractivity contribution in [3.63, 3.8) is 0 Å². The molecule has 0 aliphatic heterocycles. The van der Waals surface area contributed by atoms with E-state index in [0.717, 1.165) is 5.56 Å². The number of benzene rings is 1. The Labute approximate surface area is 154 Å². The maximum atomic E-state index is 12.1. The fourth-order valence-electron chi connectivity index (χ4n) is 2.02. The number of carbonyl (C=O) groups is 4. The van der Waals surface area contributed by atoms with Gasteiger partial charge in [-0.1, -0.05) is 23.8 Å². The number of aryl methyl sites for hydroxylation is 1. The number of hydrogen-bond donors (Lipinski definition) is 2. The highest BCUT2D eigenvalue weighted by atomic mass is 32.1. The molecule has 0 spiro atoms. The predicted molar refractivity (Wildman–Crippen MR) is 95.9 cm³/mol. The van der Waals surface area contributed by atoms with Gasteiger partial charge in [-0.15, -0.1) is 11.3 Å². The second kappa shape index (κ2) is 8.91. The molecular formula is C18H18N2O5S. The van der Waals surface area contributed by atoms with Crippen molar-refractivity contribution in [1.29, 1.82) is 0 Å². The fraction of sp³-hybridized carbons (Fsp3) is 0.222. The molecule has 0 aliphatic rings. The number of hydrogen-bond acceptors (Lipinski definition) is 6. The summed E-state index contributed by atoms with van der Waals surface area (Å²) in [4.78, 5) is 47.7. The Morgan fingerprint density at radius 3 is 2.54 bits per heavy atom. The molecule has 0 aliphatic carbocycles. The van der Waals surface area contributed by atoms with E-state index in [4.69, 9.17) is 4.74 Å². The summed E-state index contributed by atoms with van der Waals surface area (Å²) in [6, 6.07) is 9.22. The summed E-state index contributed by atoms with van der Waals surface area (Å²) in [5, 5.41) is 6.32. The minimum Gasteiger partial charge on any atom is -0.454 e. The van der Waals surface area contributed by atoms with Gasteiger partial charge < -0.3 is 10.1 Å². The molecule has 136 valence electrons. The summed E-state index contributed by atoms with van der Waals surface area (Å²) in [6.45, 7) is 2.69. The smallest absolute Gasteiger partial charge is 0.328 e. The van der Waals surface area contributed by atoms with E-state index < -0.39 is 36.3 Å². The summed E-state index contributed by atoms with van der Waals surface area (Å²) in [6.07, 6.45) is 0. The van der Waals surface area contributed by atoms with Crippen LogP contribution in [0.5, 0.6) is 0 Å². The lowest BCUT2D eigenvalue weighted by molar-refractivity contribution is -0.149. The number of nitrogens with one attached hydrogen (secondary N) is 2. The van der Waals surface area contributed by atoms with E-state index in [2.05, 4.69) is 10.6 Å². The highest BCUT2D eigenvalue weighted by Gasteiger charge is 2.20. The fourth-order valence-corrected chi connectivity index (χ4v) is 2.64. The largest absolute Gasteiger partial charge is 0.454 e. The van der Waals surface area contributed by atoms with Gasteiger partial charge in [0.25, 0.3) is 17.7 Å². The molecule has 0 radical (unpaired) electrons. The molecule has 3 amide bonds. The lowest BCUT2D eigenvalue weighted by Crippen LogP contribution is -2.41. The minimum absolute atomic E-state index is 0.378. The molecule has 1 atom stereocenters. The molecule has 2 rings (SSSR count). The molecule has 7 nitrogen and oxygen atoms in total. The first-order valence-electron chi connectivity index (χ1n) is 7.78. The van der Waals surface area contributed by atoms with Crippen molar-refractivity contribution in [2.24, 2.45) is 0 Å². The van der Waals surface area contributed by atoms with Gasteiger partial charge in [-0.3, -0.25) is 19.7 Å². The van der Waals surface area contributed by atoms with Crippen LogP contribution in [0, 0.1) is 6.92 Å². The Balaban J connectivity index is 1.78. The third-order valence-corrected chi connectivity index (χ3v) is 4.19. The lowest BCUT2D eigenvalue weighted by Gasteiger charge is -2.13. The van der Waals surface area contributed by atoms with Gasteiger partial charge in [-0.2, -0.15) is 0 Å². The molecular weight excluding hydrogens is 356 g/mol. The van der Waals surface area contributed by atoms with Gasteiger partial charge in [0, 0.05) is 5.56 Å². The van der Waals surface area contributed by atoms with Gasteiger partial charge in [0.15, 0.2) is 6.61 Å². The van der Waals surface area contributed by atoms with Gasteiger partial charge >= 0.3 is 5.97 Å². The number of esters is 1. The van der Waals surface area contributed by atoms with Gasteiger partial charge in [0.2, 0.25) is 0 Å². The zero-order valence-electron chi connectivity index (χ0n) is 14.3. The zero-order valence-corrected chi connectivity index (χ0v) is 15.1. The maximum Gasteiger partial charge on any atom is 0.328 e. The van der Waals surface area contributed by atoms with E-state index in [1.165, 1.54) is 18.3 Å². The van der Waals surface area contributed by atoms with Crippen molar-refractivity contribution >= 4 is 35.0 Å². The van der Waals surface area contributed by atoms with E-state index in [1.807, 2.05) is 13.0 Å². The second-order valence-electron chi connectivity index (χ2n) is 5.53. The average molecular weight is 374 g/mol. The molecule has 2 N–H and O–H groups in total. The lowest BCUT2D eigenvalue weighted by atomic mass is 10.1. The molecule has 0 unspecified atom stereocenters. The van der Waals surface area contributed by atoms with Crippen LogP contribution in [0.2, 0.25) is 0 Å². The van der Waals surface area contributed by atoms with Gasteiger partial charge in [-0.05, 0) is 37.4 Å². The summed E-state index contributed by atoms with van der Waals surface area (Å²) in [7, 11) is 0. The van der Waals surface area contributed by atoms with Crippen LogP contribution in [0.25, 0.3) is 0 Å². The highest BCUT2D eigenvalue weighted by Crippen LogP contribution is 2.07. The molecule has 0 saturated carbocycles. The number of ether oxygens (including phenoxy) is 1. The number of rotatable bonds is 6. The predicted octanol–water partition coefficient (Wildman–Crippen LogP) is 1.67. The first-order chi connectivity index (χ1) is 12.4. The standard InChI is InChI=1S/C18H18N2O5S/c1-11-5-3-6-13(9-11)16(22)19-12(2)18(24)25-10-15(21)20-17(23)14-7-4-8-26-14/h3-9,12H,10H2,1-2H3,(H,19,22)(H,20,21,23)/t12-/m0/s1.